The molecule has 0 unspecified atom stereocenters. The summed E-state index contributed by atoms with van der Waals surface area (Å²) in [5.74, 6) is 1.10. The maximum Gasteiger partial charge on any atom is 0.226 e. The standard InChI is InChI=1S/C9H14N2OS2/c1-7-6-14-9(10-7)11-8(12)4-3-5-13-2/h6H,3-5H2,1-2H3,(H,10,11,12). The number of amides is 1. The van der Waals surface area contributed by atoms with Crippen molar-refractivity contribution in [2.45, 2.75) is 19.8 Å². The highest BCUT2D eigenvalue weighted by atomic mass is 32.2. The van der Waals surface area contributed by atoms with E-state index in [0.717, 1.165) is 17.9 Å². The quantitative estimate of drug-likeness (QED) is 0.790. The lowest BCUT2D eigenvalue weighted by molar-refractivity contribution is -0.116. The Kier molecular flexibility index (Phi) is 4.97. The van der Waals surface area contributed by atoms with Crippen molar-refractivity contribution in [2.24, 2.45) is 0 Å². The molecule has 1 rings (SSSR count). The molecular formula is C9H14N2OS2. The Labute approximate surface area is 92.3 Å². The smallest absolute Gasteiger partial charge is 0.226 e. The van der Waals surface area contributed by atoms with Gasteiger partial charge in [-0.3, -0.25) is 4.79 Å². The number of anilines is 1. The summed E-state index contributed by atoms with van der Waals surface area (Å²) in [7, 11) is 0. The van der Waals surface area contributed by atoms with Gasteiger partial charge in [0.15, 0.2) is 5.13 Å². The van der Waals surface area contributed by atoms with Crippen molar-refractivity contribution in [1.82, 2.24) is 4.98 Å². The fraction of sp³-hybridized carbons (Fsp3) is 0.556. The lowest BCUT2D eigenvalue weighted by atomic mass is 10.3. The summed E-state index contributed by atoms with van der Waals surface area (Å²) in [6.45, 7) is 1.92. The van der Waals surface area contributed by atoms with E-state index in [-0.39, 0.29) is 5.91 Å². The number of rotatable bonds is 5. The van der Waals surface area contributed by atoms with Crippen LogP contribution in [-0.4, -0.2) is 22.9 Å². The van der Waals surface area contributed by atoms with E-state index in [4.69, 9.17) is 0 Å². The number of carbonyl (C=O) groups is 1. The van der Waals surface area contributed by atoms with Crippen LogP contribution in [0, 0.1) is 6.92 Å². The summed E-state index contributed by atoms with van der Waals surface area (Å²) in [5, 5.41) is 5.41. The molecule has 3 nitrogen and oxygen atoms in total. The molecule has 0 fully saturated rings. The van der Waals surface area contributed by atoms with Gasteiger partial charge in [-0.2, -0.15) is 11.8 Å². The van der Waals surface area contributed by atoms with E-state index in [1.807, 2.05) is 18.6 Å². The Balaban J connectivity index is 2.27. The predicted molar refractivity (Wildman–Crippen MR) is 63.1 cm³/mol. The van der Waals surface area contributed by atoms with Gasteiger partial charge in [0.2, 0.25) is 5.91 Å². The van der Waals surface area contributed by atoms with Crippen LogP contribution in [-0.2, 0) is 4.79 Å². The number of aryl methyl sites for hydroxylation is 1. The fourth-order valence-corrected chi connectivity index (χ4v) is 2.11. The van der Waals surface area contributed by atoms with Gasteiger partial charge in [-0.05, 0) is 25.4 Å². The molecule has 0 aliphatic carbocycles. The Hall–Kier alpha value is -0.550. The summed E-state index contributed by atoms with van der Waals surface area (Å²) in [6, 6.07) is 0. The molecule has 5 heteroatoms. The number of thiazole rings is 1. The third-order valence-corrected chi connectivity index (χ3v) is 3.19. The summed E-state index contributed by atoms with van der Waals surface area (Å²) < 4.78 is 0. The number of nitrogens with zero attached hydrogens (tertiary/aromatic N) is 1. The molecule has 0 bridgehead atoms. The van der Waals surface area contributed by atoms with E-state index in [0.29, 0.717) is 11.6 Å². The number of aromatic nitrogens is 1. The maximum atomic E-state index is 11.3. The van der Waals surface area contributed by atoms with Gasteiger partial charge in [0.05, 0.1) is 5.69 Å². The Morgan fingerprint density at radius 1 is 1.71 bits per heavy atom. The molecule has 1 N–H and O–H groups in total. The van der Waals surface area contributed by atoms with Crippen molar-refractivity contribution in [3.05, 3.63) is 11.1 Å². The van der Waals surface area contributed by atoms with Gasteiger partial charge in [-0.1, -0.05) is 0 Å². The highest BCUT2D eigenvalue weighted by Crippen LogP contribution is 2.14. The molecule has 78 valence electrons. The van der Waals surface area contributed by atoms with E-state index in [1.165, 1.54) is 11.3 Å². The van der Waals surface area contributed by atoms with E-state index in [9.17, 15) is 4.79 Å². The number of carbonyl (C=O) groups excluding carboxylic acids is 1. The molecule has 0 saturated heterocycles. The second kappa shape index (κ2) is 6.03. The number of hydrogen-bond acceptors (Lipinski definition) is 4. The van der Waals surface area contributed by atoms with Crippen molar-refractivity contribution >= 4 is 34.1 Å². The molecule has 0 radical (unpaired) electrons. The van der Waals surface area contributed by atoms with Crippen molar-refractivity contribution in [1.29, 1.82) is 0 Å². The lowest BCUT2D eigenvalue weighted by Crippen LogP contribution is -2.11. The number of thioether (sulfide) groups is 1. The Morgan fingerprint density at radius 3 is 3.07 bits per heavy atom. The number of hydrogen-bond donors (Lipinski definition) is 1. The molecule has 1 aromatic rings. The van der Waals surface area contributed by atoms with E-state index in [2.05, 4.69) is 10.3 Å². The molecule has 14 heavy (non-hydrogen) atoms. The van der Waals surface area contributed by atoms with Crippen LogP contribution in [0.4, 0.5) is 5.13 Å². The maximum absolute atomic E-state index is 11.3. The molecule has 0 atom stereocenters. The molecule has 1 heterocycles. The third-order valence-electron chi connectivity index (χ3n) is 1.62. The van der Waals surface area contributed by atoms with Crippen LogP contribution in [0.5, 0.6) is 0 Å². The minimum atomic E-state index is 0.0633. The largest absolute Gasteiger partial charge is 0.302 e. The van der Waals surface area contributed by atoms with E-state index < -0.39 is 0 Å². The minimum Gasteiger partial charge on any atom is -0.302 e. The van der Waals surface area contributed by atoms with E-state index >= 15 is 0 Å². The van der Waals surface area contributed by atoms with Gasteiger partial charge in [0.25, 0.3) is 0 Å². The van der Waals surface area contributed by atoms with Gasteiger partial charge in [0.1, 0.15) is 0 Å². The first-order chi connectivity index (χ1) is 6.72. The van der Waals surface area contributed by atoms with Crippen LogP contribution < -0.4 is 5.32 Å². The van der Waals surface area contributed by atoms with Crippen LogP contribution in [0.15, 0.2) is 5.38 Å². The zero-order valence-corrected chi connectivity index (χ0v) is 10.0. The van der Waals surface area contributed by atoms with Crippen LogP contribution in [0.2, 0.25) is 0 Å². The van der Waals surface area contributed by atoms with Gasteiger partial charge in [-0.15, -0.1) is 11.3 Å². The zero-order chi connectivity index (χ0) is 10.4. The monoisotopic (exact) mass is 230 g/mol. The summed E-state index contributed by atoms with van der Waals surface area (Å²) in [5.41, 5.74) is 0.953. The van der Waals surface area contributed by atoms with Crippen molar-refractivity contribution < 1.29 is 4.79 Å². The second-order valence-electron chi connectivity index (χ2n) is 2.94. The van der Waals surface area contributed by atoms with Crippen LogP contribution in [0.1, 0.15) is 18.5 Å². The first-order valence-electron chi connectivity index (χ1n) is 4.43. The summed E-state index contributed by atoms with van der Waals surface area (Å²) >= 11 is 3.23. The van der Waals surface area contributed by atoms with Crippen molar-refractivity contribution in [3.8, 4) is 0 Å². The van der Waals surface area contributed by atoms with Gasteiger partial charge in [0, 0.05) is 11.8 Å². The summed E-state index contributed by atoms with van der Waals surface area (Å²) in [4.78, 5) is 15.5. The summed E-state index contributed by atoms with van der Waals surface area (Å²) in [6.07, 6.45) is 3.55. The second-order valence-corrected chi connectivity index (χ2v) is 4.78. The van der Waals surface area contributed by atoms with Crippen LogP contribution >= 0.6 is 23.1 Å². The van der Waals surface area contributed by atoms with Gasteiger partial charge in [-0.25, -0.2) is 4.98 Å². The molecule has 0 aliphatic rings. The Morgan fingerprint density at radius 2 is 2.50 bits per heavy atom. The average molecular weight is 230 g/mol. The van der Waals surface area contributed by atoms with Crippen molar-refractivity contribution in [3.63, 3.8) is 0 Å². The highest BCUT2D eigenvalue weighted by Gasteiger charge is 2.04. The van der Waals surface area contributed by atoms with Gasteiger partial charge < -0.3 is 5.32 Å². The Bertz CT molecular complexity index is 299. The first kappa shape index (κ1) is 11.5. The molecule has 0 aromatic carbocycles. The lowest BCUT2D eigenvalue weighted by Gasteiger charge is -1.99. The van der Waals surface area contributed by atoms with Crippen LogP contribution in [0.25, 0.3) is 0 Å². The molecule has 0 spiro atoms. The molecule has 1 aromatic heterocycles. The predicted octanol–water partition coefficient (Wildman–Crippen LogP) is 2.53. The van der Waals surface area contributed by atoms with Crippen LogP contribution in [0.3, 0.4) is 0 Å². The normalized spacial score (nSPS) is 10.1. The zero-order valence-electron chi connectivity index (χ0n) is 8.37. The SMILES string of the molecule is CSCCCC(=O)Nc1nc(C)cs1. The molecule has 0 saturated carbocycles. The fourth-order valence-electron chi connectivity index (χ4n) is 0.970. The van der Waals surface area contributed by atoms with E-state index in [1.54, 1.807) is 11.8 Å². The molecule has 0 aliphatic heterocycles. The van der Waals surface area contributed by atoms with Crippen molar-refractivity contribution in [2.75, 3.05) is 17.3 Å². The number of nitrogens with one attached hydrogen (secondary N) is 1. The third kappa shape index (κ3) is 4.11. The molecular weight excluding hydrogens is 216 g/mol. The average Bonchev–Trinajstić information content (AvgIpc) is 2.52. The first-order valence-corrected chi connectivity index (χ1v) is 6.70. The topological polar surface area (TPSA) is 42.0 Å². The minimum absolute atomic E-state index is 0.0633. The highest BCUT2D eigenvalue weighted by molar-refractivity contribution is 7.98. The van der Waals surface area contributed by atoms with Gasteiger partial charge >= 0.3 is 0 Å². The molecule has 1 amide bonds.